The predicted octanol–water partition coefficient (Wildman–Crippen LogP) is 1.90. The molecule has 0 aliphatic carbocycles. The van der Waals surface area contributed by atoms with Crippen molar-refractivity contribution in [2.45, 2.75) is 19.8 Å². The van der Waals surface area contributed by atoms with Crippen molar-refractivity contribution in [3.05, 3.63) is 77.7 Å². The van der Waals surface area contributed by atoms with Crippen LogP contribution in [0.2, 0.25) is 0 Å². The number of hydrazone groups is 2. The van der Waals surface area contributed by atoms with Crippen molar-refractivity contribution in [3.63, 3.8) is 0 Å². The molecule has 0 atom stereocenters. The summed E-state index contributed by atoms with van der Waals surface area (Å²) in [6.07, 6.45) is 0.689. The molecule has 0 aromatic heterocycles. The van der Waals surface area contributed by atoms with Gasteiger partial charge in [-0.1, -0.05) is 49.0 Å². The number of benzene rings is 2. The van der Waals surface area contributed by atoms with Gasteiger partial charge in [0.1, 0.15) is 5.84 Å². The molecular formula is C22H26N6O3S. The summed E-state index contributed by atoms with van der Waals surface area (Å²) < 4.78 is 25.9. The molecule has 1 amide bonds. The predicted molar refractivity (Wildman–Crippen MR) is 127 cm³/mol. The average molecular weight is 455 g/mol. The maximum atomic E-state index is 12.3. The minimum Gasteiger partial charge on any atom is -0.356 e. The molecule has 0 saturated carbocycles. The van der Waals surface area contributed by atoms with E-state index in [1.54, 1.807) is 31.2 Å². The monoisotopic (exact) mass is 454 g/mol. The smallest absolute Gasteiger partial charge is 0.256 e. The number of anilines is 1. The number of amides is 1. The van der Waals surface area contributed by atoms with Gasteiger partial charge in [0.05, 0.1) is 12.1 Å². The Bertz CT molecular complexity index is 1110. The normalized spacial score (nSPS) is 13.2. The number of amidine groups is 2. The first-order chi connectivity index (χ1) is 15.4. The largest absolute Gasteiger partial charge is 0.356 e. The van der Waals surface area contributed by atoms with Crippen molar-refractivity contribution >= 4 is 33.3 Å². The molecule has 10 heteroatoms. The molecule has 1 heterocycles. The number of sulfonamides is 1. The number of hydrogen-bond acceptors (Lipinski definition) is 7. The number of carbonyl (C=O) groups is 1. The van der Waals surface area contributed by atoms with Crippen LogP contribution >= 0.6 is 0 Å². The number of nitrogens with one attached hydrogen (secondary N) is 3. The van der Waals surface area contributed by atoms with Crippen molar-refractivity contribution in [1.82, 2.24) is 16.2 Å². The number of rotatable bonds is 10. The lowest BCUT2D eigenvalue weighted by Crippen LogP contribution is -2.33. The molecular weight excluding hydrogens is 428 g/mol. The van der Waals surface area contributed by atoms with Crippen LogP contribution in [0.4, 0.5) is 5.69 Å². The van der Waals surface area contributed by atoms with Gasteiger partial charge in [-0.05, 0) is 31.0 Å². The molecule has 2 aromatic rings. The van der Waals surface area contributed by atoms with E-state index in [0.29, 0.717) is 30.3 Å². The van der Waals surface area contributed by atoms with Crippen molar-refractivity contribution in [2.75, 3.05) is 17.4 Å². The lowest BCUT2D eigenvalue weighted by atomic mass is 10.1. The summed E-state index contributed by atoms with van der Waals surface area (Å²) in [5.74, 6) is 1.14. The van der Waals surface area contributed by atoms with Gasteiger partial charge in [-0.25, -0.2) is 8.42 Å². The zero-order valence-electron chi connectivity index (χ0n) is 17.8. The second-order valence-corrected chi connectivity index (χ2v) is 8.88. The molecule has 32 heavy (non-hydrogen) atoms. The highest BCUT2D eigenvalue weighted by Crippen LogP contribution is 2.18. The Hall–Kier alpha value is -3.66. The molecule has 0 fully saturated rings. The fourth-order valence-corrected chi connectivity index (χ4v) is 4.00. The third-order valence-electron chi connectivity index (χ3n) is 4.67. The lowest BCUT2D eigenvalue weighted by molar-refractivity contribution is -0.120. The first-order valence-corrected chi connectivity index (χ1v) is 11.6. The Balaban J connectivity index is 1.48. The summed E-state index contributed by atoms with van der Waals surface area (Å²) in [6, 6.07) is 16.3. The molecule has 1 aliphatic rings. The molecule has 0 spiro atoms. The summed E-state index contributed by atoms with van der Waals surface area (Å²) in [5.41, 5.74) is 7.93. The van der Waals surface area contributed by atoms with Gasteiger partial charge in [0.25, 0.3) is 10.0 Å². The topological polar surface area (TPSA) is 115 Å². The van der Waals surface area contributed by atoms with Crippen molar-refractivity contribution in [3.8, 4) is 0 Å². The first-order valence-electron chi connectivity index (χ1n) is 10.1. The van der Waals surface area contributed by atoms with E-state index < -0.39 is 10.0 Å². The number of carbonyl (C=O) groups excluding carboxylic acids is 1. The van der Waals surface area contributed by atoms with Crippen LogP contribution in [0, 0.1) is 0 Å². The van der Waals surface area contributed by atoms with Crippen LogP contribution in [0.5, 0.6) is 0 Å². The van der Waals surface area contributed by atoms with Gasteiger partial charge in [0.15, 0.2) is 5.84 Å². The quantitative estimate of drug-likeness (QED) is 0.475. The highest BCUT2D eigenvalue weighted by molar-refractivity contribution is 7.95. The summed E-state index contributed by atoms with van der Waals surface area (Å²) in [5, 5.41) is 12.0. The summed E-state index contributed by atoms with van der Waals surface area (Å²) in [4.78, 5) is 12.3. The Labute approximate surface area is 188 Å². The Morgan fingerprint density at radius 2 is 1.81 bits per heavy atom. The SMILES string of the molecule is C=CS(=O)(=O)N(CCCNC(=O)Cc1ccc(C2=NNC(C)=NN2)cc1)c1ccccc1. The molecule has 3 rings (SSSR count). The Morgan fingerprint density at radius 1 is 1.09 bits per heavy atom. The number of hydrogen-bond donors (Lipinski definition) is 3. The van der Waals surface area contributed by atoms with Gasteiger partial charge < -0.3 is 5.32 Å². The maximum absolute atomic E-state index is 12.3. The van der Waals surface area contributed by atoms with Crippen LogP contribution < -0.4 is 20.5 Å². The molecule has 0 saturated heterocycles. The second-order valence-electron chi connectivity index (χ2n) is 7.08. The van der Waals surface area contributed by atoms with E-state index >= 15 is 0 Å². The van der Waals surface area contributed by atoms with E-state index in [9.17, 15) is 13.2 Å². The van der Waals surface area contributed by atoms with E-state index in [-0.39, 0.29) is 18.9 Å². The highest BCUT2D eigenvalue weighted by Gasteiger charge is 2.18. The molecule has 1 aliphatic heterocycles. The summed E-state index contributed by atoms with van der Waals surface area (Å²) in [7, 11) is -3.62. The molecule has 2 aromatic carbocycles. The zero-order valence-corrected chi connectivity index (χ0v) is 18.6. The average Bonchev–Trinajstić information content (AvgIpc) is 2.80. The first kappa shape index (κ1) is 23.0. The van der Waals surface area contributed by atoms with Crippen LogP contribution in [0.3, 0.4) is 0 Å². The van der Waals surface area contributed by atoms with E-state index in [4.69, 9.17) is 0 Å². The Morgan fingerprint density at radius 3 is 2.44 bits per heavy atom. The third-order valence-corrected chi connectivity index (χ3v) is 6.10. The molecule has 168 valence electrons. The van der Waals surface area contributed by atoms with Gasteiger partial charge in [0.2, 0.25) is 5.91 Å². The molecule has 9 nitrogen and oxygen atoms in total. The van der Waals surface area contributed by atoms with Crippen LogP contribution in [0.15, 0.2) is 76.8 Å². The fourth-order valence-electron chi connectivity index (χ4n) is 3.02. The fraction of sp³-hybridized carbons (Fsp3) is 0.227. The van der Waals surface area contributed by atoms with Gasteiger partial charge in [-0.15, -0.1) is 0 Å². The van der Waals surface area contributed by atoms with Crippen LogP contribution in [-0.2, 0) is 21.2 Å². The summed E-state index contributed by atoms with van der Waals surface area (Å²) >= 11 is 0. The molecule has 3 N–H and O–H groups in total. The molecule has 0 bridgehead atoms. The van der Waals surface area contributed by atoms with Crippen molar-refractivity contribution < 1.29 is 13.2 Å². The summed E-state index contributed by atoms with van der Waals surface area (Å²) in [6.45, 7) is 5.79. The third kappa shape index (κ3) is 6.17. The minimum atomic E-state index is -3.62. The van der Waals surface area contributed by atoms with Crippen LogP contribution in [0.25, 0.3) is 0 Å². The highest BCUT2D eigenvalue weighted by atomic mass is 32.2. The van der Waals surface area contributed by atoms with Gasteiger partial charge in [0, 0.05) is 24.1 Å². The van der Waals surface area contributed by atoms with Gasteiger partial charge in [-0.2, -0.15) is 10.2 Å². The maximum Gasteiger partial charge on any atom is 0.256 e. The number of para-hydroxylation sites is 1. The van der Waals surface area contributed by atoms with Gasteiger partial charge >= 0.3 is 0 Å². The van der Waals surface area contributed by atoms with Crippen LogP contribution in [-0.4, -0.2) is 39.1 Å². The van der Waals surface area contributed by atoms with Crippen LogP contribution in [0.1, 0.15) is 24.5 Å². The minimum absolute atomic E-state index is 0.134. The lowest BCUT2D eigenvalue weighted by Gasteiger charge is -2.22. The second kappa shape index (κ2) is 10.6. The van der Waals surface area contributed by atoms with Crippen molar-refractivity contribution in [2.24, 2.45) is 10.2 Å². The van der Waals surface area contributed by atoms with E-state index in [1.165, 1.54) is 4.31 Å². The van der Waals surface area contributed by atoms with Gasteiger partial charge in [-0.3, -0.25) is 20.0 Å². The standard InChI is InChI=1S/C22H26N6O3S/c1-3-32(30,31)28(20-8-5-4-6-9-20)15-7-14-23-21(29)16-18-10-12-19(13-11-18)22-26-24-17(2)25-27-22/h3-6,8-13H,1,7,14-16H2,2H3,(H,23,29)(H,24,25)(H,26,27). The molecule has 0 radical (unpaired) electrons. The van der Waals surface area contributed by atoms with Crippen molar-refractivity contribution in [1.29, 1.82) is 0 Å². The van der Waals surface area contributed by atoms with E-state index in [2.05, 4.69) is 33.0 Å². The number of nitrogens with zero attached hydrogens (tertiary/aromatic N) is 3. The molecule has 0 unspecified atom stereocenters. The zero-order chi connectivity index (χ0) is 23.0. The Kier molecular flexibility index (Phi) is 7.61. The van der Waals surface area contributed by atoms with E-state index in [1.807, 2.05) is 30.3 Å². The van der Waals surface area contributed by atoms with E-state index in [0.717, 1.165) is 16.5 Å².